The number of carboxylic acids is 1. The van der Waals surface area contributed by atoms with Crippen LogP contribution in [0.4, 0.5) is 5.69 Å². The van der Waals surface area contributed by atoms with E-state index in [0.29, 0.717) is 26.2 Å². The largest absolute Gasteiger partial charge is 0.479 e. The monoisotopic (exact) mass is 488 g/mol. The van der Waals surface area contributed by atoms with E-state index < -0.39 is 29.9 Å². The maximum absolute atomic E-state index is 13.7. The van der Waals surface area contributed by atoms with Crippen LogP contribution in [0.25, 0.3) is 0 Å². The Labute approximate surface area is 198 Å². The summed E-state index contributed by atoms with van der Waals surface area (Å²) in [5.41, 5.74) is 1.02. The Balaban J connectivity index is 1.95. The Bertz CT molecular complexity index is 1210. The minimum atomic E-state index is -1.46. The number of halogens is 3. The molecule has 162 valence electrons. The van der Waals surface area contributed by atoms with E-state index in [1.807, 2.05) is 0 Å². The molecule has 3 aromatic carbocycles. The first kappa shape index (κ1) is 22.1. The number of rotatable bonds is 4. The van der Waals surface area contributed by atoms with Gasteiger partial charge in [-0.15, -0.1) is 0 Å². The van der Waals surface area contributed by atoms with Gasteiger partial charge in [-0.1, -0.05) is 59.1 Å². The quantitative estimate of drug-likeness (QED) is 0.499. The van der Waals surface area contributed by atoms with Crippen molar-refractivity contribution in [2.24, 2.45) is 0 Å². The maximum atomic E-state index is 13.7. The number of carbonyl (C=O) groups excluding carboxylic acids is 2. The molecule has 1 heterocycles. The lowest BCUT2D eigenvalue weighted by Gasteiger charge is -2.34. The van der Waals surface area contributed by atoms with Crippen molar-refractivity contribution in [3.63, 3.8) is 0 Å². The number of hydrogen-bond donors (Lipinski definition) is 2. The second-order valence-corrected chi connectivity index (χ2v) is 8.45. The van der Waals surface area contributed by atoms with Gasteiger partial charge in [0.05, 0.1) is 11.3 Å². The van der Waals surface area contributed by atoms with E-state index in [1.54, 1.807) is 24.3 Å². The molecule has 4 rings (SSSR count). The maximum Gasteiger partial charge on any atom is 0.331 e. The van der Waals surface area contributed by atoms with Crippen LogP contribution in [0.2, 0.25) is 15.1 Å². The smallest absolute Gasteiger partial charge is 0.331 e. The number of nitrogens with one attached hydrogen (secondary N) is 1. The van der Waals surface area contributed by atoms with Gasteiger partial charge in [-0.05, 0) is 53.6 Å². The van der Waals surface area contributed by atoms with E-state index in [9.17, 15) is 19.5 Å². The molecule has 1 aliphatic heterocycles. The Morgan fingerprint density at radius 1 is 0.875 bits per heavy atom. The molecule has 2 amide bonds. The highest BCUT2D eigenvalue weighted by Gasteiger charge is 2.43. The molecule has 1 aliphatic rings. The van der Waals surface area contributed by atoms with Gasteiger partial charge in [-0.2, -0.15) is 0 Å². The highest BCUT2D eigenvalue weighted by molar-refractivity contribution is 6.31. The first-order valence-corrected chi connectivity index (χ1v) is 10.6. The molecule has 0 aromatic heterocycles. The van der Waals surface area contributed by atoms with Gasteiger partial charge >= 0.3 is 5.97 Å². The van der Waals surface area contributed by atoms with E-state index in [0.717, 1.165) is 4.90 Å². The molecule has 0 saturated heterocycles. The second-order valence-electron chi connectivity index (χ2n) is 7.14. The van der Waals surface area contributed by atoms with Crippen molar-refractivity contribution in [2.75, 3.05) is 5.32 Å². The zero-order valence-electron chi connectivity index (χ0n) is 16.3. The summed E-state index contributed by atoms with van der Waals surface area (Å²) in [5.74, 6) is -2.52. The number of benzene rings is 3. The van der Waals surface area contributed by atoms with Crippen LogP contribution < -0.4 is 5.32 Å². The van der Waals surface area contributed by atoms with Gasteiger partial charge in [0.1, 0.15) is 6.04 Å². The lowest BCUT2D eigenvalue weighted by Crippen LogP contribution is -2.44. The van der Waals surface area contributed by atoms with E-state index in [1.165, 1.54) is 42.5 Å². The molecule has 0 fully saturated rings. The predicted molar refractivity (Wildman–Crippen MR) is 122 cm³/mol. The van der Waals surface area contributed by atoms with E-state index >= 15 is 0 Å². The van der Waals surface area contributed by atoms with Crippen LogP contribution in [0.1, 0.15) is 33.6 Å². The average Bonchev–Trinajstić information content (AvgIpc) is 2.84. The summed E-state index contributed by atoms with van der Waals surface area (Å²) in [6.45, 7) is 0. The fraction of sp³-hybridized carbons (Fsp3) is 0.0870. The molecule has 9 heteroatoms. The summed E-state index contributed by atoms with van der Waals surface area (Å²) >= 11 is 18.0. The van der Waals surface area contributed by atoms with Gasteiger partial charge in [0, 0.05) is 15.1 Å². The Morgan fingerprint density at radius 2 is 1.44 bits per heavy atom. The van der Waals surface area contributed by atoms with Crippen molar-refractivity contribution in [1.29, 1.82) is 0 Å². The van der Waals surface area contributed by atoms with E-state index in [2.05, 4.69) is 5.32 Å². The van der Waals surface area contributed by atoms with Gasteiger partial charge in [-0.3, -0.25) is 9.59 Å². The van der Waals surface area contributed by atoms with Crippen LogP contribution in [-0.2, 0) is 9.59 Å². The number of fused-ring (bicyclic) bond motifs is 1. The molecule has 0 spiro atoms. The lowest BCUT2D eigenvalue weighted by atomic mass is 9.98. The van der Waals surface area contributed by atoms with Crippen molar-refractivity contribution >= 4 is 58.3 Å². The van der Waals surface area contributed by atoms with Crippen molar-refractivity contribution < 1.29 is 19.5 Å². The molecule has 0 bridgehead atoms. The molecule has 6 nitrogen and oxygen atoms in total. The molecule has 3 aromatic rings. The molecular weight excluding hydrogens is 475 g/mol. The highest BCUT2D eigenvalue weighted by Crippen LogP contribution is 2.38. The number of anilines is 1. The Kier molecular flexibility index (Phi) is 6.11. The summed E-state index contributed by atoms with van der Waals surface area (Å²) in [6.07, 6.45) is 0. The minimum absolute atomic E-state index is 0.124. The molecule has 2 N–H and O–H groups in total. The Morgan fingerprint density at radius 3 is 2.03 bits per heavy atom. The molecule has 0 radical (unpaired) electrons. The van der Waals surface area contributed by atoms with Gasteiger partial charge in [0.2, 0.25) is 0 Å². The molecule has 0 unspecified atom stereocenters. The molecule has 32 heavy (non-hydrogen) atoms. The van der Waals surface area contributed by atoms with Gasteiger partial charge < -0.3 is 15.3 Å². The normalized spacial score (nSPS) is 16.7. The molecular formula is C23H15Cl3N2O4. The van der Waals surface area contributed by atoms with Crippen LogP contribution in [0.5, 0.6) is 0 Å². The van der Waals surface area contributed by atoms with Crippen LogP contribution in [0, 0.1) is 0 Å². The first-order chi connectivity index (χ1) is 15.3. The number of carboxylic acid groups (broad SMARTS) is 1. The number of amides is 2. The van der Waals surface area contributed by atoms with Crippen LogP contribution >= 0.6 is 34.8 Å². The molecule has 0 saturated carbocycles. The van der Waals surface area contributed by atoms with Gasteiger partial charge in [0.15, 0.2) is 6.04 Å². The lowest BCUT2D eigenvalue weighted by molar-refractivity contribution is -0.144. The zero-order chi connectivity index (χ0) is 23.0. The van der Waals surface area contributed by atoms with Crippen LogP contribution in [0.3, 0.4) is 0 Å². The zero-order valence-corrected chi connectivity index (χ0v) is 18.5. The van der Waals surface area contributed by atoms with Crippen LogP contribution in [-0.4, -0.2) is 27.8 Å². The fourth-order valence-electron chi connectivity index (χ4n) is 3.68. The third kappa shape index (κ3) is 4.17. The minimum Gasteiger partial charge on any atom is -0.479 e. The number of hydrogen-bond acceptors (Lipinski definition) is 3. The van der Waals surface area contributed by atoms with Crippen molar-refractivity contribution in [1.82, 2.24) is 4.90 Å². The van der Waals surface area contributed by atoms with Gasteiger partial charge in [0.25, 0.3) is 11.8 Å². The fourth-order valence-corrected chi connectivity index (χ4v) is 4.10. The number of carbonyl (C=O) groups is 3. The molecule has 2 atom stereocenters. The van der Waals surface area contributed by atoms with E-state index in [-0.39, 0.29) is 11.3 Å². The Hall–Kier alpha value is -3.06. The highest BCUT2D eigenvalue weighted by atomic mass is 35.5. The summed E-state index contributed by atoms with van der Waals surface area (Å²) in [7, 11) is 0. The summed E-state index contributed by atoms with van der Waals surface area (Å²) in [4.78, 5) is 40.6. The molecule has 0 aliphatic carbocycles. The second kappa shape index (κ2) is 8.82. The van der Waals surface area contributed by atoms with Gasteiger partial charge in [-0.25, -0.2) is 4.79 Å². The van der Waals surface area contributed by atoms with E-state index in [4.69, 9.17) is 34.8 Å². The topological polar surface area (TPSA) is 86.7 Å². The third-order valence-electron chi connectivity index (χ3n) is 5.11. The summed E-state index contributed by atoms with van der Waals surface area (Å²) in [6, 6.07) is 14.1. The van der Waals surface area contributed by atoms with Crippen molar-refractivity contribution in [3.8, 4) is 0 Å². The standard InChI is InChI=1S/C23H15Cl3N2O4/c24-14-5-1-12(2-6-14)19-21(29)27-18-11-16(26)9-10-17(18)22(30)28(19)20(23(31)32)13-3-7-15(25)8-4-13/h1-11,19-20H,(H,27,29)(H,31,32)/t19-,20-/m0/s1. The SMILES string of the molecule is O=C(O)[C@H](c1ccc(Cl)cc1)N1C(=O)c2ccc(Cl)cc2NC(=O)[C@@H]1c1ccc(Cl)cc1. The first-order valence-electron chi connectivity index (χ1n) is 9.43. The van der Waals surface area contributed by atoms with Crippen molar-refractivity contribution in [2.45, 2.75) is 12.1 Å². The number of nitrogens with zero attached hydrogens (tertiary/aromatic N) is 1. The predicted octanol–water partition coefficient (Wildman–Crippen LogP) is 5.61. The number of aliphatic carboxylic acids is 1. The van der Waals surface area contributed by atoms with Crippen molar-refractivity contribution in [3.05, 3.63) is 98.5 Å². The average molecular weight is 490 g/mol. The summed E-state index contributed by atoms with van der Waals surface area (Å²) < 4.78 is 0. The third-order valence-corrected chi connectivity index (χ3v) is 5.85. The van der Waals surface area contributed by atoms with Crippen LogP contribution in [0.15, 0.2) is 66.7 Å². The summed E-state index contributed by atoms with van der Waals surface area (Å²) in [5, 5.41) is 14.0.